The van der Waals surface area contributed by atoms with Gasteiger partial charge in [0.05, 0.1) is 16.6 Å². The molecule has 1 unspecified atom stereocenters. The van der Waals surface area contributed by atoms with Crippen LogP contribution in [0.2, 0.25) is 0 Å². The molecule has 1 N–H and O–H groups in total. The van der Waals surface area contributed by atoms with Crippen molar-refractivity contribution in [1.82, 2.24) is 0 Å². The highest BCUT2D eigenvalue weighted by Gasteiger charge is 2.15. The topological polar surface area (TPSA) is 98.5 Å². The second-order valence-corrected chi connectivity index (χ2v) is 5.48. The van der Waals surface area contributed by atoms with Crippen molar-refractivity contribution >= 4 is 23.6 Å². The summed E-state index contributed by atoms with van der Waals surface area (Å²) >= 11 is 0. The average molecular weight is 342 g/mol. The number of carbonyl (C=O) groups excluding carboxylic acids is 2. The molecule has 130 valence electrons. The summed E-state index contributed by atoms with van der Waals surface area (Å²) in [5.41, 5.74) is 0.417. The number of amides is 1. The Kier molecular flexibility index (Phi) is 6.22. The zero-order valence-electron chi connectivity index (χ0n) is 13.7. The predicted molar refractivity (Wildman–Crippen MR) is 92.9 cm³/mol. The first-order valence-electron chi connectivity index (χ1n) is 7.74. The minimum atomic E-state index is -0.620. The van der Waals surface area contributed by atoms with Gasteiger partial charge in [0.15, 0.2) is 6.29 Å². The summed E-state index contributed by atoms with van der Waals surface area (Å²) in [6.07, 6.45) is 0.862. The van der Waals surface area contributed by atoms with Crippen LogP contribution in [0, 0.1) is 10.1 Å². The Morgan fingerprint density at radius 2 is 2.00 bits per heavy atom. The van der Waals surface area contributed by atoms with Crippen LogP contribution in [0.1, 0.15) is 30.1 Å². The lowest BCUT2D eigenvalue weighted by Crippen LogP contribution is -2.17. The summed E-state index contributed by atoms with van der Waals surface area (Å²) in [7, 11) is 0. The van der Waals surface area contributed by atoms with Crippen LogP contribution in [0.25, 0.3) is 0 Å². The number of benzene rings is 2. The van der Waals surface area contributed by atoms with E-state index in [1.165, 1.54) is 18.2 Å². The number of rotatable bonds is 8. The Labute approximate surface area is 144 Å². The van der Waals surface area contributed by atoms with Crippen LogP contribution < -0.4 is 10.1 Å². The van der Waals surface area contributed by atoms with Crippen LogP contribution in [0.4, 0.5) is 11.4 Å². The van der Waals surface area contributed by atoms with E-state index in [9.17, 15) is 19.7 Å². The van der Waals surface area contributed by atoms with Gasteiger partial charge in [0.25, 0.3) is 5.69 Å². The van der Waals surface area contributed by atoms with Crippen molar-refractivity contribution in [2.75, 3.05) is 5.32 Å². The largest absolute Gasteiger partial charge is 0.491 e. The second kappa shape index (κ2) is 8.58. The highest BCUT2D eigenvalue weighted by Crippen LogP contribution is 2.24. The normalized spacial score (nSPS) is 11.4. The lowest BCUT2D eigenvalue weighted by molar-refractivity contribution is -0.385. The van der Waals surface area contributed by atoms with Gasteiger partial charge in [-0.2, -0.15) is 0 Å². The highest BCUT2D eigenvalue weighted by molar-refractivity contribution is 5.90. The first-order valence-corrected chi connectivity index (χ1v) is 7.74. The van der Waals surface area contributed by atoms with Crippen LogP contribution >= 0.6 is 0 Å². The van der Waals surface area contributed by atoms with Gasteiger partial charge in [-0.25, -0.2) is 0 Å². The van der Waals surface area contributed by atoms with Crippen molar-refractivity contribution in [1.29, 1.82) is 0 Å². The van der Waals surface area contributed by atoms with E-state index < -0.39 is 4.92 Å². The van der Waals surface area contributed by atoms with Crippen molar-refractivity contribution in [2.24, 2.45) is 0 Å². The maximum atomic E-state index is 11.9. The van der Waals surface area contributed by atoms with E-state index in [0.717, 1.165) is 5.69 Å². The summed E-state index contributed by atoms with van der Waals surface area (Å²) in [6.45, 7) is 1.79. The van der Waals surface area contributed by atoms with Crippen LogP contribution in [0.3, 0.4) is 0 Å². The Morgan fingerprint density at radius 3 is 2.64 bits per heavy atom. The van der Waals surface area contributed by atoms with E-state index >= 15 is 0 Å². The Bertz CT molecular complexity index is 761. The lowest BCUT2D eigenvalue weighted by atomic mass is 10.1. The molecule has 25 heavy (non-hydrogen) atoms. The van der Waals surface area contributed by atoms with E-state index in [1.54, 1.807) is 19.1 Å². The smallest absolute Gasteiger partial charge is 0.280 e. The van der Waals surface area contributed by atoms with E-state index in [4.69, 9.17) is 4.74 Å². The second-order valence-electron chi connectivity index (χ2n) is 5.48. The monoisotopic (exact) mass is 342 g/mol. The molecule has 0 saturated heterocycles. The van der Waals surface area contributed by atoms with Crippen LogP contribution in [-0.4, -0.2) is 23.2 Å². The molecule has 1 atom stereocenters. The molecule has 0 saturated carbocycles. The van der Waals surface area contributed by atoms with Gasteiger partial charge in [-0.3, -0.25) is 19.7 Å². The number of aldehydes is 1. The molecule has 0 aliphatic carbocycles. The first-order chi connectivity index (χ1) is 12.0. The molecule has 1 amide bonds. The third-order valence-corrected chi connectivity index (χ3v) is 3.50. The molecule has 0 bridgehead atoms. The van der Waals surface area contributed by atoms with E-state index in [-0.39, 0.29) is 29.7 Å². The van der Waals surface area contributed by atoms with Crippen molar-refractivity contribution in [2.45, 2.75) is 25.9 Å². The fourth-order valence-electron chi connectivity index (χ4n) is 2.24. The number of ether oxygens (including phenoxy) is 1. The molecule has 0 aromatic heterocycles. The van der Waals surface area contributed by atoms with Gasteiger partial charge in [0.2, 0.25) is 5.91 Å². The van der Waals surface area contributed by atoms with Gasteiger partial charge < -0.3 is 10.1 Å². The average Bonchev–Trinajstić information content (AvgIpc) is 2.60. The van der Waals surface area contributed by atoms with Crippen molar-refractivity contribution < 1.29 is 19.2 Å². The van der Waals surface area contributed by atoms with Gasteiger partial charge in [-0.15, -0.1) is 0 Å². The zero-order chi connectivity index (χ0) is 18.2. The van der Waals surface area contributed by atoms with Crippen LogP contribution in [-0.2, 0) is 4.79 Å². The number of nitrogens with zero attached hydrogens (tertiary/aromatic N) is 1. The maximum absolute atomic E-state index is 11.9. The fraction of sp³-hybridized carbons (Fsp3) is 0.222. The Morgan fingerprint density at radius 1 is 1.28 bits per heavy atom. The number of nitrogens with one attached hydrogen (secondary N) is 1. The predicted octanol–water partition coefficient (Wildman–Crippen LogP) is 3.59. The van der Waals surface area contributed by atoms with Gasteiger partial charge in [0, 0.05) is 18.2 Å². The maximum Gasteiger partial charge on any atom is 0.280 e. The summed E-state index contributed by atoms with van der Waals surface area (Å²) in [6, 6.07) is 13.1. The third kappa shape index (κ3) is 5.42. The van der Waals surface area contributed by atoms with E-state index in [1.807, 2.05) is 18.2 Å². The molecule has 2 rings (SSSR count). The van der Waals surface area contributed by atoms with Crippen LogP contribution in [0.15, 0.2) is 48.5 Å². The molecular weight excluding hydrogens is 324 g/mol. The molecule has 7 heteroatoms. The molecule has 0 spiro atoms. The molecule has 2 aromatic carbocycles. The number of nitro groups is 1. The minimum absolute atomic E-state index is 0.0449. The molecule has 0 heterocycles. The van der Waals surface area contributed by atoms with Gasteiger partial charge in [-0.05, 0) is 37.6 Å². The Balaban J connectivity index is 1.87. The van der Waals surface area contributed by atoms with Gasteiger partial charge in [-0.1, -0.05) is 18.2 Å². The molecule has 0 aliphatic heterocycles. The molecule has 0 fully saturated rings. The SMILES string of the molecule is CC(CCC(=O)Nc1ccccc1)Oc1ccc([N+](=O)[O-])c(C=O)c1. The number of carbonyl (C=O) groups is 2. The molecular formula is C18H18N2O5. The molecule has 2 aromatic rings. The fourth-order valence-corrected chi connectivity index (χ4v) is 2.24. The summed E-state index contributed by atoms with van der Waals surface area (Å²) < 4.78 is 5.63. The summed E-state index contributed by atoms with van der Waals surface area (Å²) in [5, 5.41) is 13.6. The standard InChI is InChI=1S/C18H18N2O5/c1-13(7-10-18(22)19-15-5-3-2-4-6-15)25-16-8-9-17(20(23)24)14(11-16)12-21/h2-6,8-9,11-13H,7,10H2,1H3,(H,19,22). The Hall–Kier alpha value is -3.22. The third-order valence-electron chi connectivity index (χ3n) is 3.50. The lowest BCUT2D eigenvalue weighted by Gasteiger charge is -2.15. The summed E-state index contributed by atoms with van der Waals surface area (Å²) in [4.78, 5) is 33.0. The van der Waals surface area contributed by atoms with Gasteiger partial charge >= 0.3 is 0 Å². The minimum Gasteiger partial charge on any atom is -0.491 e. The van der Waals surface area contributed by atoms with Crippen molar-refractivity contribution in [3.05, 3.63) is 64.2 Å². The number of para-hydroxylation sites is 1. The number of hydrogen-bond acceptors (Lipinski definition) is 5. The van der Waals surface area contributed by atoms with Crippen LogP contribution in [0.5, 0.6) is 5.75 Å². The molecule has 7 nitrogen and oxygen atoms in total. The molecule has 0 radical (unpaired) electrons. The van der Waals surface area contributed by atoms with Gasteiger partial charge in [0.1, 0.15) is 5.75 Å². The number of nitro benzene ring substituents is 1. The van der Waals surface area contributed by atoms with E-state index in [0.29, 0.717) is 18.5 Å². The quantitative estimate of drug-likeness (QED) is 0.449. The molecule has 0 aliphatic rings. The summed E-state index contributed by atoms with van der Waals surface area (Å²) in [5.74, 6) is 0.225. The first kappa shape index (κ1) is 18.1. The van der Waals surface area contributed by atoms with Crippen molar-refractivity contribution in [3.8, 4) is 5.75 Å². The van der Waals surface area contributed by atoms with E-state index in [2.05, 4.69) is 5.32 Å². The number of anilines is 1. The highest BCUT2D eigenvalue weighted by atomic mass is 16.6. The zero-order valence-corrected chi connectivity index (χ0v) is 13.7. The number of hydrogen-bond donors (Lipinski definition) is 1. The van der Waals surface area contributed by atoms with Crippen molar-refractivity contribution in [3.63, 3.8) is 0 Å².